The Morgan fingerprint density at radius 1 is 0.941 bits per heavy atom. The maximum Gasteiger partial charge on any atom is 0.232 e. The first kappa shape index (κ1) is 21.3. The van der Waals surface area contributed by atoms with Gasteiger partial charge in [0.1, 0.15) is 5.75 Å². The van der Waals surface area contributed by atoms with Crippen LogP contribution in [0.3, 0.4) is 0 Å². The van der Waals surface area contributed by atoms with Crippen LogP contribution in [0.25, 0.3) is 11.1 Å². The van der Waals surface area contributed by atoms with Gasteiger partial charge in [-0.2, -0.15) is 15.2 Å². The fourth-order valence-corrected chi connectivity index (χ4v) is 3.87. The summed E-state index contributed by atoms with van der Waals surface area (Å²) in [6.45, 7) is 6.04. The number of nitriles is 1. The van der Waals surface area contributed by atoms with E-state index in [2.05, 4.69) is 49.5 Å². The van der Waals surface area contributed by atoms with E-state index in [9.17, 15) is 0 Å². The van der Waals surface area contributed by atoms with E-state index in [0.717, 1.165) is 44.9 Å². The summed E-state index contributed by atoms with van der Waals surface area (Å²) in [6, 6.07) is 17.5. The molecular weight excluding hydrogens is 424 g/mol. The van der Waals surface area contributed by atoms with Gasteiger partial charge in [0.25, 0.3) is 0 Å². The van der Waals surface area contributed by atoms with Crippen molar-refractivity contribution in [1.82, 2.24) is 15.0 Å². The number of hydrogen-bond acceptors (Lipinski definition) is 7. The van der Waals surface area contributed by atoms with E-state index in [1.54, 1.807) is 12.1 Å². The molecule has 34 heavy (non-hydrogen) atoms. The zero-order valence-corrected chi connectivity index (χ0v) is 19.1. The molecule has 0 unspecified atom stereocenters. The van der Waals surface area contributed by atoms with Crippen LogP contribution in [-0.2, 0) is 6.42 Å². The van der Waals surface area contributed by atoms with E-state index in [4.69, 9.17) is 10.00 Å². The lowest BCUT2D eigenvalue weighted by atomic mass is 10.0. The Kier molecular flexibility index (Phi) is 5.48. The first-order chi connectivity index (χ1) is 16.5. The topological polar surface area (TPSA) is 96.1 Å². The average molecular weight is 447 g/mol. The summed E-state index contributed by atoms with van der Waals surface area (Å²) in [6.07, 6.45) is 4.32. The largest absolute Gasteiger partial charge is 0.438 e. The quantitative estimate of drug-likeness (QED) is 0.396. The summed E-state index contributed by atoms with van der Waals surface area (Å²) in [5, 5.41) is 12.2. The fraction of sp³-hybridized carbons (Fsp3) is 0.148. The van der Waals surface area contributed by atoms with Gasteiger partial charge in [-0.25, -0.2) is 4.99 Å². The minimum atomic E-state index is 0.384. The fourth-order valence-electron chi connectivity index (χ4n) is 3.87. The van der Waals surface area contributed by atoms with Crippen molar-refractivity contribution < 1.29 is 4.74 Å². The predicted molar refractivity (Wildman–Crippen MR) is 132 cm³/mol. The molecule has 166 valence electrons. The molecule has 0 bridgehead atoms. The Morgan fingerprint density at radius 3 is 2.38 bits per heavy atom. The number of ether oxygens (including phenoxy) is 1. The van der Waals surface area contributed by atoms with Crippen molar-refractivity contribution in [2.45, 2.75) is 27.2 Å². The molecule has 0 saturated heterocycles. The van der Waals surface area contributed by atoms with Gasteiger partial charge >= 0.3 is 0 Å². The maximum absolute atomic E-state index is 9.01. The summed E-state index contributed by atoms with van der Waals surface area (Å²) < 4.78 is 6.38. The van der Waals surface area contributed by atoms with Gasteiger partial charge in [-0.3, -0.25) is 4.98 Å². The standard InChI is InChI=1S/C27H22N6O/c1-16-12-21(20-7-4-18(3)30-15-20)13-17(2)24(16)34-26-23-10-11-29-25(23)32-27(33-26)31-22-8-5-19(14-28)6-9-22/h4-9,11-13,15H,10H2,1-3H3,(H,31,32,33). The number of benzene rings is 2. The molecule has 5 rings (SSSR count). The van der Waals surface area contributed by atoms with Crippen LogP contribution < -0.4 is 10.1 Å². The van der Waals surface area contributed by atoms with Gasteiger partial charge in [-0.05, 0) is 79.9 Å². The third-order valence-electron chi connectivity index (χ3n) is 5.63. The molecule has 2 aromatic heterocycles. The number of hydrogen-bond donors (Lipinski definition) is 1. The SMILES string of the molecule is Cc1ccc(-c2cc(C)c(Oc3nc(Nc4ccc(C#N)cc4)nc4c3CC=N4)c(C)c2)cn1. The molecule has 0 spiro atoms. The van der Waals surface area contributed by atoms with Gasteiger partial charge < -0.3 is 10.1 Å². The summed E-state index contributed by atoms with van der Waals surface area (Å²) in [5.74, 6) is 2.23. The second kappa shape index (κ2) is 8.75. The number of aliphatic imine (C=N–C) groups is 1. The minimum absolute atomic E-state index is 0.384. The van der Waals surface area contributed by atoms with Gasteiger partial charge in [-0.1, -0.05) is 6.07 Å². The number of pyridine rings is 1. The van der Waals surface area contributed by atoms with Crippen LogP contribution >= 0.6 is 0 Å². The summed E-state index contributed by atoms with van der Waals surface area (Å²) in [7, 11) is 0. The number of aryl methyl sites for hydroxylation is 3. The Hall–Kier alpha value is -4.57. The highest BCUT2D eigenvalue weighted by atomic mass is 16.5. The molecule has 7 nitrogen and oxygen atoms in total. The van der Waals surface area contributed by atoms with Crippen LogP contribution in [0.5, 0.6) is 11.6 Å². The Bertz CT molecular complexity index is 1430. The van der Waals surface area contributed by atoms with Crippen LogP contribution in [0.1, 0.15) is 27.9 Å². The third kappa shape index (κ3) is 4.21. The van der Waals surface area contributed by atoms with Crippen molar-refractivity contribution in [3.8, 4) is 28.8 Å². The smallest absolute Gasteiger partial charge is 0.232 e. The second-order valence-electron chi connectivity index (χ2n) is 8.21. The lowest BCUT2D eigenvalue weighted by Crippen LogP contribution is -2.03. The molecule has 0 aliphatic carbocycles. The molecular formula is C27H22N6O. The third-order valence-corrected chi connectivity index (χ3v) is 5.63. The van der Waals surface area contributed by atoms with Crippen LogP contribution in [-0.4, -0.2) is 21.2 Å². The molecule has 1 aliphatic heterocycles. The highest BCUT2D eigenvalue weighted by Crippen LogP contribution is 2.37. The number of rotatable bonds is 5. The first-order valence-electron chi connectivity index (χ1n) is 10.9. The van der Waals surface area contributed by atoms with Gasteiger partial charge in [0.15, 0.2) is 5.82 Å². The molecule has 0 amide bonds. The molecule has 2 aromatic carbocycles. The van der Waals surface area contributed by atoms with E-state index in [-0.39, 0.29) is 0 Å². The first-order valence-corrected chi connectivity index (χ1v) is 10.9. The van der Waals surface area contributed by atoms with Crippen LogP contribution in [0, 0.1) is 32.1 Å². The lowest BCUT2D eigenvalue weighted by molar-refractivity contribution is 0.451. The van der Waals surface area contributed by atoms with Crippen LogP contribution in [0.2, 0.25) is 0 Å². The van der Waals surface area contributed by atoms with Gasteiger partial charge in [0.2, 0.25) is 11.8 Å². The number of aromatic nitrogens is 3. The minimum Gasteiger partial charge on any atom is -0.438 e. The monoisotopic (exact) mass is 446 g/mol. The molecule has 1 aliphatic rings. The van der Waals surface area contributed by atoms with E-state index in [1.165, 1.54) is 0 Å². The van der Waals surface area contributed by atoms with Gasteiger partial charge in [0.05, 0.1) is 17.2 Å². The second-order valence-corrected chi connectivity index (χ2v) is 8.21. The zero-order chi connectivity index (χ0) is 23.7. The number of nitrogens with zero attached hydrogens (tertiary/aromatic N) is 5. The van der Waals surface area contributed by atoms with Crippen molar-refractivity contribution in [3.05, 3.63) is 82.7 Å². The summed E-state index contributed by atoms with van der Waals surface area (Å²) >= 11 is 0. The number of anilines is 2. The van der Waals surface area contributed by atoms with Crippen molar-refractivity contribution in [2.24, 2.45) is 4.99 Å². The van der Waals surface area contributed by atoms with Crippen molar-refractivity contribution in [1.29, 1.82) is 5.26 Å². The molecule has 0 saturated carbocycles. The van der Waals surface area contributed by atoms with E-state index < -0.39 is 0 Å². The molecule has 0 atom stereocenters. The van der Waals surface area contributed by atoms with Gasteiger partial charge in [-0.15, -0.1) is 0 Å². The number of nitrogens with one attached hydrogen (secondary N) is 1. The van der Waals surface area contributed by atoms with Crippen LogP contribution in [0.15, 0.2) is 59.7 Å². The van der Waals surface area contributed by atoms with E-state index in [0.29, 0.717) is 29.6 Å². The molecule has 4 aromatic rings. The number of fused-ring (bicyclic) bond motifs is 1. The molecule has 0 fully saturated rings. The molecule has 3 heterocycles. The average Bonchev–Trinajstić information content (AvgIpc) is 3.31. The highest BCUT2D eigenvalue weighted by Gasteiger charge is 2.20. The van der Waals surface area contributed by atoms with Gasteiger partial charge in [0, 0.05) is 35.8 Å². The summed E-state index contributed by atoms with van der Waals surface area (Å²) in [5.41, 5.74) is 7.37. The van der Waals surface area contributed by atoms with Crippen molar-refractivity contribution in [3.63, 3.8) is 0 Å². The highest BCUT2D eigenvalue weighted by molar-refractivity contribution is 5.77. The Labute approximate surface area is 197 Å². The zero-order valence-electron chi connectivity index (χ0n) is 19.1. The van der Waals surface area contributed by atoms with E-state index in [1.807, 2.05) is 51.4 Å². The summed E-state index contributed by atoms with van der Waals surface area (Å²) in [4.78, 5) is 18.0. The van der Waals surface area contributed by atoms with Crippen molar-refractivity contribution >= 4 is 23.7 Å². The maximum atomic E-state index is 9.01. The lowest BCUT2D eigenvalue weighted by Gasteiger charge is -2.16. The molecule has 0 radical (unpaired) electrons. The Morgan fingerprint density at radius 2 is 1.71 bits per heavy atom. The van der Waals surface area contributed by atoms with Crippen molar-refractivity contribution in [2.75, 3.05) is 5.32 Å². The molecule has 1 N–H and O–H groups in total. The van der Waals surface area contributed by atoms with Crippen LogP contribution in [0.4, 0.5) is 17.5 Å². The Balaban J connectivity index is 1.47. The molecule has 7 heteroatoms. The van der Waals surface area contributed by atoms with E-state index >= 15 is 0 Å². The normalized spacial score (nSPS) is 11.7. The predicted octanol–water partition coefficient (Wildman–Crippen LogP) is 6.13.